The zero-order chi connectivity index (χ0) is 21.2. The molecule has 3 N–H and O–H groups in total. The molecule has 0 aromatic heterocycles. The van der Waals surface area contributed by atoms with Crippen LogP contribution in [0.15, 0.2) is 4.99 Å². The summed E-state index contributed by atoms with van der Waals surface area (Å²) in [4.78, 5) is 35.7. The fourth-order valence-corrected chi connectivity index (χ4v) is 3.82. The molecule has 1 saturated carbocycles. The van der Waals surface area contributed by atoms with Gasteiger partial charge in [0.25, 0.3) is 5.91 Å². The van der Waals surface area contributed by atoms with Gasteiger partial charge in [0.05, 0.1) is 5.25 Å². The van der Waals surface area contributed by atoms with Gasteiger partial charge in [0.15, 0.2) is 5.17 Å². The van der Waals surface area contributed by atoms with Crippen LogP contribution in [0.2, 0.25) is 0 Å². The fraction of sp³-hybridized carbons (Fsp3) is 0.765. The lowest BCUT2D eigenvalue weighted by Gasteiger charge is -2.21. The van der Waals surface area contributed by atoms with Crippen molar-refractivity contribution in [3.8, 4) is 0 Å². The Hall–Kier alpha value is -1.78. The summed E-state index contributed by atoms with van der Waals surface area (Å²) in [6.07, 6.45) is 4.40. The van der Waals surface area contributed by atoms with Crippen LogP contribution in [0.4, 0.5) is 13.2 Å². The summed E-state index contributed by atoms with van der Waals surface area (Å²) < 4.78 is 31.7. The van der Waals surface area contributed by atoms with Gasteiger partial charge in [-0.15, -0.1) is 0 Å². The Morgan fingerprint density at radius 3 is 2.21 bits per heavy atom. The quantitative estimate of drug-likeness (QED) is 0.639. The molecular weight excluding hydrogens is 399 g/mol. The monoisotopic (exact) mass is 425 g/mol. The van der Waals surface area contributed by atoms with Crippen molar-refractivity contribution >= 4 is 34.7 Å². The molecular formula is C17H26F3N3O4S. The summed E-state index contributed by atoms with van der Waals surface area (Å²) in [5.41, 5.74) is 0. The van der Waals surface area contributed by atoms with Gasteiger partial charge >= 0.3 is 12.1 Å². The van der Waals surface area contributed by atoms with Crippen LogP contribution in [0.1, 0.15) is 58.3 Å². The highest BCUT2D eigenvalue weighted by molar-refractivity contribution is 8.15. The number of halogens is 3. The lowest BCUT2D eigenvalue weighted by molar-refractivity contribution is -0.192. The zero-order valence-electron chi connectivity index (χ0n) is 15.7. The van der Waals surface area contributed by atoms with E-state index >= 15 is 0 Å². The van der Waals surface area contributed by atoms with Gasteiger partial charge < -0.3 is 15.7 Å². The number of nitrogens with one attached hydrogen (secondary N) is 2. The van der Waals surface area contributed by atoms with Crippen LogP contribution in [-0.4, -0.2) is 52.1 Å². The van der Waals surface area contributed by atoms with Crippen molar-refractivity contribution in [3.63, 3.8) is 0 Å². The van der Waals surface area contributed by atoms with Gasteiger partial charge in [-0.05, 0) is 19.3 Å². The first-order chi connectivity index (χ1) is 13.1. The molecule has 0 radical (unpaired) electrons. The highest BCUT2D eigenvalue weighted by atomic mass is 32.2. The first-order valence-corrected chi connectivity index (χ1v) is 10.1. The minimum atomic E-state index is -5.08. The molecule has 1 aliphatic carbocycles. The van der Waals surface area contributed by atoms with Crippen LogP contribution in [0.5, 0.6) is 0 Å². The van der Waals surface area contributed by atoms with E-state index in [-0.39, 0.29) is 17.1 Å². The number of hydrogen-bond donors (Lipinski definition) is 3. The number of amides is 2. The molecule has 1 aliphatic heterocycles. The molecule has 7 nitrogen and oxygen atoms in total. The number of carbonyl (C=O) groups excluding carboxylic acids is 2. The largest absolute Gasteiger partial charge is 0.490 e. The Labute approximate surface area is 165 Å². The van der Waals surface area contributed by atoms with E-state index in [0.717, 1.165) is 5.17 Å². The van der Waals surface area contributed by atoms with Crippen molar-refractivity contribution in [2.45, 2.75) is 75.8 Å². The molecule has 0 aromatic carbocycles. The second-order valence-electron chi connectivity index (χ2n) is 6.62. The second kappa shape index (κ2) is 11.9. The molecule has 160 valence electrons. The van der Waals surface area contributed by atoms with E-state index in [4.69, 9.17) is 9.90 Å². The molecule has 1 heterocycles. The average molecular weight is 425 g/mol. The standard InChI is InChI=1S/C15H25N3O2S.C2HF3O2/c1-11(19)16-10-9-13-14(20)18-15(21-13)17-12-7-5-3-2-4-6-8-12;3-2(4,5)1(6)7/h12-13H,2-10H2,1H3,(H,16,19)(H,17,18,20);(H,6,7). The Morgan fingerprint density at radius 2 is 1.71 bits per heavy atom. The number of aliphatic imine (C=N–C) groups is 1. The molecule has 1 unspecified atom stereocenters. The minimum absolute atomic E-state index is 0.0563. The van der Waals surface area contributed by atoms with Crippen LogP contribution >= 0.6 is 11.8 Å². The molecule has 0 bridgehead atoms. The second-order valence-corrected chi connectivity index (χ2v) is 7.81. The third-order valence-corrected chi connectivity index (χ3v) is 5.35. The number of alkyl halides is 3. The van der Waals surface area contributed by atoms with Crippen molar-refractivity contribution in [1.82, 2.24) is 10.6 Å². The number of hydrogen-bond acceptors (Lipinski definition) is 5. The van der Waals surface area contributed by atoms with Crippen molar-refractivity contribution in [1.29, 1.82) is 0 Å². The first kappa shape index (κ1) is 24.3. The number of carboxylic acids is 1. The molecule has 11 heteroatoms. The number of carbonyl (C=O) groups is 3. The van der Waals surface area contributed by atoms with Gasteiger partial charge in [0, 0.05) is 19.5 Å². The lowest BCUT2D eigenvalue weighted by Crippen LogP contribution is -2.33. The van der Waals surface area contributed by atoms with Crippen LogP contribution in [0.25, 0.3) is 0 Å². The van der Waals surface area contributed by atoms with E-state index in [1.807, 2.05) is 0 Å². The van der Waals surface area contributed by atoms with Gasteiger partial charge in [-0.1, -0.05) is 43.9 Å². The van der Waals surface area contributed by atoms with Crippen molar-refractivity contribution in [2.24, 2.45) is 4.99 Å². The normalized spacial score (nSPS) is 20.9. The van der Waals surface area contributed by atoms with Crippen molar-refractivity contribution < 1.29 is 32.7 Å². The zero-order valence-corrected chi connectivity index (χ0v) is 16.5. The maximum Gasteiger partial charge on any atom is 0.490 e. The van der Waals surface area contributed by atoms with Crippen molar-refractivity contribution in [2.75, 3.05) is 6.54 Å². The number of carboxylic acid groups (broad SMARTS) is 1. The van der Waals surface area contributed by atoms with E-state index in [1.54, 1.807) is 0 Å². The van der Waals surface area contributed by atoms with Crippen LogP contribution in [0, 0.1) is 0 Å². The average Bonchev–Trinajstić information content (AvgIpc) is 2.89. The summed E-state index contributed by atoms with van der Waals surface area (Å²) in [5, 5.41) is 13.9. The molecule has 0 saturated heterocycles. The molecule has 28 heavy (non-hydrogen) atoms. The highest BCUT2D eigenvalue weighted by Gasteiger charge is 2.38. The summed E-state index contributed by atoms with van der Waals surface area (Å²) in [7, 11) is 0. The van der Waals surface area contributed by atoms with Gasteiger partial charge in [-0.25, -0.2) is 4.79 Å². The Bertz CT molecular complexity index is 576. The van der Waals surface area contributed by atoms with E-state index in [9.17, 15) is 22.8 Å². The van der Waals surface area contributed by atoms with Gasteiger partial charge in [-0.2, -0.15) is 18.2 Å². The summed E-state index contributed by atoms with van der Waals surface area (Å²) in [5.74, 6) is -2.88. The summed E-state index contributed by atoms with van der Waals surface area (Å²) in [6.45, 7) is 2.02. The molecule has 0 spiro atoms. The predicted molar refractivity (Wildman–Crippen MR) is 100 cm³/mol. The third kappa shape index (κ3) is 9.95. The van der Waals surface area contributed by atoms with Crippen LogP contribution < -0.4 is 10.6 Å². The lowest BCUT2D eigenvalue weighted by atomic mass is 9.97. The molecule has 2 amide bonds. The SMILES string of the molecule is CC(=O)NCCC1SC(NC2CCCCCCC2)=NC1=O.O=C(O)C(F)(F)F. The number of thioether (sulfide) groups is 1. The number of nitrogens with zero attached hydrogens (tertiary/aromatic N) is 1. The maximum absolute atomic E-state index is 11.9. The fourth-order valence-electron chi connectivity index (χ4n) is 2.79. The van der Waals surface area contributed by atoms with Crippen LogP contribution in [0.3, 0.4) is 0 Å². The molecule has 2 aliphatic rings. The van der Waals surface area contributed by atoms with Gasteiger partial charge in [0.1, 0.15) is 0 Å². The van der Waals surface area contributed by atoms with E-state index < -0.39 is 12.1 Å². The maximum atomic E-state index is 11.9. The topological polar surface area (TPSA) is 108 Å². The number of rotatable bonds is 4. The van der Waals surface area contributed by atoms with Crippen molar-refractivity contribution in [3.05, 3.63) is 0 Å². The van der Waals surface area contributed by atoms with E-state index in [0.29, 0.717) is 19.0 Å². The smallest absolute Gasteiger partial charge is 0.475 e. The van der Waals surface area contributed by atoms with Crippen LogP contribution in [-0.2, 0) is 14.4 Å². The molecule has 1 fully saturated rings. The minimum Gasteiger partial charge on any atom is -0.475 e. The molecule has 0 aromatic rings. The molecule has 2 rings (SSSR count). The van der Waals surface area contributed by atoms with E-state index in [2.05, 4.69) is 15.6 Å². The number of aliphatic carboxylic acids is 1. The summed E-state index contributed by atoms with van der Waals surface area (Å²) in [6, 6.07) is 0.457. The van der Waals surface area contributed by atoms with Gasteiger partial charge in [0.2, 0.25) is 5.91 Å². The Balaban J connectivity index is 0.000000480. The summed E-state index contributed by atoms with van der Waals surface area (Å²) >= 11 is 1.51. The molecule has 1 atom stereocenters. The third-order valence-electron chi connectivity index (χ3n) is 4.20. The van der Waals surface area contributed by atoms with E-state index in [1.165, 1.54) is 63.6 Å². The Kier molecular flexibility index (Phi) is 10.3. The predicted octanol–water partition coefficient (Wildman–Crippen LogP) is 2.85. The Morgan fingerprint density at radius 1 is 1.18 bits per heavy atom. The van der Waals surface area contributed by atoms with Gasteiger partial charge in [-0.3, -0.25) is 9.59 Å². The first-order valence-electron chi connectivity index (χ1n) is 9.20. The number of amidine groups is 1. The highest BCUT2D eigenvalue weighted by Crippen LogP contribution is 2.25.